The Morgan fingerprint density at radius 2 is 2.00 bits per heavy atom. The Labute approximate surface area is 91.2 Å². The van der Waals surface area contributed by atoms with Gasteiger partial charge in [0.15, 0.2) is 0 Å². The number of aryl methyl sites for hydroxylation is 3. The average molecular weight is 205 g/mol. The van der Waals surface area contributed by atoms with E-state index in [0.717, 1.165) is 23.3 Å². The highest BCUT2D eigenvalue weighted by atomic mass is 15.0. The van der Waals surface area contributed by atoms with Crippen molar-refractivity contribution in [3.63, 3.8) is 0 Å². The molecule has 0 aliphatic heterocycles. The molecule has 0 spiro atoms. The topological polar surface area (TPSA) is 30.7 Å². The molecular weight excluding hydrogens is 186 g/mol. The van der Waals surface area contributed by atoms with Crippen LogP contribution in [-0.2, 0) is 13.5 Å². The second-order valence-electron chi connectivity index (χ2n) is 3.24. The van der Waals surface area contributed by atoms with Gasteiger partial charge in [0.1, 0.15) is 11.5 Å². The van der Waals surface area contributed by atoms with Gasteiger partial charge in [-0.05, 0) is 19.4 Å². The van der Waals surface area contributed by atoms with Crippen molar-refractivity contribution < 1.29 is 0 Å². The lowest BCUT2D eigenvalue weighted by molar-refractivity contribution is 0.849. The lowest BCUT2D eigenvalue weighted by Gasteiger charge is -1.99. The normalized spacial score (nSPS) is 9.93. The number of rotatable bonds is 1. The van der Waals surface area contributed by atoms with Gasteiger partial charge in [-0.25, -0.2) is 9.97 Å². The van der Waals surface area contributed by atoms with E-state index in [9.17, 15) is 0 Å². The monoisotopic (exact) mass is 205 g/mol. The van der Waals surface area contributed by atoms with Gasteiger partial charge in [-0.2, -0.15) is 0 Å². The largest absolute Gasteiger partial charge is 0.333 e. The fraction of sp³-hybridized carbons (Fsp3) is 0.500. The number of fused-ring (bicyclic) bond motifs is 1. The van der Waals surface area contributed by atoms with Gasteiger partial charge in [-0.3, -0.25) is 0 Å². The summed E-state index contributed by atoms with van der Waals surface area (Å²) in [5, 5.41) is 1.13. The van der Waals surface area contributed by atoms with Crippen LogP contribution in [0.15, 0.2) is 12.3 Å². The van der Waals surface area contributed by atoms with Crippen molar-refractivity contribution in [3.05, 3.63) is 23.8 Å². The van der Waals surface area contributed by atoms with Crippen LogP contribution in [0.4, 0.5) is 0 Å². The minimum atomic E-state index is 0.830. The van der Waals surface area contributed by atoms with E-state index in [-0.39, 0.29) is 0 Å². The highest BCUT2D eigenvalue weighted by molar-refractivity contribution is 5.76. The molecule has 0 radical (unpaired) electrons. The molecule has 2 rings (SSSR count). The number of nitrogens with zero attached hydrogens (tertiary/aromatic N) is 3. The van der Waals surface area contributed by atoms with Gasteiger partial charge in [-0.1, -0.05) is 20.8 Å². The third-order valence-electron chi connectivity index (χ3n) is 2.35. The van der Waals surface area contributed by atoms with Crippen LogP contribution < -0.4 is 0 Å². The molecule has 0 bridgehead atoms. The Morgan fingerprint density at radius 3 is 2.60 bits per heavy atom. The number of aromatic nitrogens is 3. The van der Waals surface area contributed by atoms with Crippen molar-refractivity contribution in [1.82, 2.24) is 14.5 Å². The van der Waals surface area contributed by atoms with Crippen molar-refractivity contribution in [2.75, 3.05) is 0 Å². The molecule has 2 aromatic heterocycles. The van der Waals surface area contributed by atoms with Crippen molar-refractivity contribution >= 4 is 11.0 Å². The minimum absolute atomic E-state index is 0.830. The molecule has 0 unspecified atom stereocenters. The highest BCUT2D eigenvalue weighted by Gasteiger charge is 2.05. The van der Waals surface area contributed by atoms with E-state index in [4.69, 9.17) is 0 Å². The molecule has 0 saturated carbocycles. The van der Waals surface area contributed by atoms with Crippen LogP contribution in [0.3, 0.4) is 0 Å². The molecule has 0 amide bonds. The molecule has 0 aliphatic rings. The van der Waals surface area contributed by atoms with Gasteiger partial charge >= 0.3 is 0 Å². The molecule has 0 N–H and O–H groups in total. The first-order valence-corrected chi connectivity index (χ1v) is 5.50. The van der Waals surface area contributed by atoms with E-state index in [1.165, 1.54) is 5.69 Å². The Hall–Kier alpha value is -1.38. The van der Waals surface area contributed by atoms with E-state index < -0.39 is 0 Å². The molecule has 15 heavy (non-hydrogen) atoms. The maximum Gasteiger partial charge on any atom is 0.143 e. The summed E-state index contributed by atoms with van der Waals surface area (Å²) in [7, 11) is 2.05. The smallest absolute Gasteiger partial charge is 0.143 e. The molecule has 0 atom stereocenters. The van der Waals surface area contributed by atoms with Crippen LogP contribution in [0.1, 0.15) is 32.3 Å². The number of hydrogen-bond donors (Lipinski definition) is 0. The van der Waals surface area contributed by atoms with E-state index in [1.54, 1.807) is 0 Å². The average Bonchev–Trinajstić information content (AvgIpc) is 2.59. The Kier molecular flexibility index (Phi) is 3.83. The second kappa shape index (κ2) is 4.91. The summed E-state index contributed by atoms with van der Waals surface area (Å²) in [6.07, 6.45) is 2.92. The predicted octanol–water partition coefficient (Wildman–Crippen LogP) is 2.87. The van der Waals surface area contributed by atoms with Crippen LogP contribution >= 0.6 is 0 Å². The summed E-state index contributed by atoms with van der Waals surface area (Å²) >= 11 is 0. The maximum atomic E-state index is 4.40. The molecule has 0 saturated heterocycles. The third-order valence-corrected chi connectivity index (χ3v) is 2.35. The summed E-state index contributed by atoms with van der Waals surface area (Å²) in [5.74, 6) is 0.830. The summed E-state index contributed by atoms with van der Waals surface area (Å²) in [5.41, 5.74) is 2.33. The first-order valence-electron chi connectivity index (χ1n) is 5.50. The van der Waals surface area contributed by atoms with Gasteiger partial charge in [0.05, 0.1) is 0 Å². The fourth-order valence-electron chi connectivity index (χ4n) is 1.59. The Morgan fingerprint density at radius 1 is 1.33 bits per heavy atom. The van der Waals surface area contributed by atoms with Crippen molar-refractivity contribution in [2.24, 2.45) is 7.05 Å². The standard InChI is InChI=1S/C10H13N3.C2H6/c1-4-9-5-8-6-11-7(2)12-10(8)13(9)3;1-2/h5-6H,4H2,1-3H3;1-2H3. The molecule has 0 aliphatic carbocycles. The predicted molar refractivity (Wildman–Crippen MR) is 64.0 cm³/mol. The molecule has 0 fully saturated rings. The van der Waals surface area contributed by atoms with Crippen molar-refractivity contribution in [2.45, 2.75) is 34.1 Å². The molecule has 3 heteroatoms. The quantitative estimate of drug-likeness (QED) is 0.716. The van der Waals surface area contributed by atoms with Crippen molar-refractivity contribution in [3.8, 4) is 0 Å². The zero-order chi connectivity index (χ0) is 11.4. The van der Waals surface area contributed by atoms with Crippen LogP contribution in [0.25, 0.3) is 11.0 Å². The molecule has 3 nitrogen and oxygen atoms in total. The molecule has 82 valence electrons. The van der Waals surface area contributed by atoms with Crippen LogP contribution in [0.5, 0.6) is 0 Å². The number of hydrogen-bond acceptors (Lipinski definition) is 2. The van der Waals surface area contributed by atoms with Crippen molar-refractivity contribution in [1.29, 1.82) is 0 Å². The Balaban J connectivity index is 0.000000531. The van der Waals surface area contributed by atoms with Gasteiger partial charge < -0.3 is 4.57 Å². The van der Waals surface area contributed by atoms with Gasteiger partial charge in [0.25, 0.3) is 0 Å². The van der Waals surface area contributed by atoms with E-state index in [0.29, 0.717) is 0 Å². The van der Waals surface area contributed by atoms with E-state index in [1.807, 2.05) is 34.0 Å². The van der Waals surface area contributed by atoms with Crippen LogP contribution in [-0.4, -0.2) is 14.5 Å². The van der Waals surface area contributed by atoms with E-state index >= 15 is 0 Å². The molecular formula is C12H19N3. The Bertz CT molecular complexity index is 443. The first-order chi connectivity index (χ1) is 7.22. The fourth-order valence-corrected chi connectivity index (χ4v) is 1.59. The zero-order valence-corrected chi connectivity index (χ0v) is 10.2. The van der Waals surface area contributed by atoms with Crippen LogP contribution in [0, 0.1) is 6.92 Å². The molecule has 0 aromatic carbocycles. The van der Waals surface area contributed by atoms with Gasteiger partial charge in [0, 0.05) is 24.3 Å². The lowest BCUT2D eigenvalue weighted by Crippen LogP contribution is -1.96. The minimum Gasteiger partial charge on any atom is -0.333 e. The second-order valence-corrected chi connectivity index (χ2v) is 3.24. The lowest BCUT2D eigenvalue weighted by atomic mass is 10.3. The maximum absolute atomic E-state index is 4.40. The van der Waals surface area contributed by atoms with Crippen LogP contribution in [0.2, 0.25) is 0 Å². The SMILES string of the molecule is CC.CCc1cc2cnc(C)nc2n1C. The summed E-state index contributed by atoms with van der Waals surface area (Å²) in [6, 6.07) is 2.15. The molecule has 2 aromatic rings. The van der Waals surface area contributed by atoms with Gasteiger partial charge in [-0.15, -0.1) is 0 Å². The third kappa shape index (κ3) is 2.17. The summed E-state index contributed by atoms with van der Waals surface area (Å²) < 4.78 is 2.13. The zero-order valence-electron chi connectivity index (χ0n) is 10.2. The molecule has 2 heterocycles. The summed E-state index contributed by atoms with van der Waals surface area (Å²) in [6.45, 7) is 8.06. The summed E-state index contributed by atoms with van der Waals surface area (Å²) in [4.78, 5) is 8.57. The van der Waals surface area contributed by atoms with Gasteiger partial charge in [0.2, 0.25) is 0 Å². The highest BCUT2D eigenvalue weighted by Crippen LogP contribution is 2.15. The van der Waals surface area contributed by atoms with E-state index in [2.05, 4.69) is 27.5 Å². The first kappa shape index (κ1) is 11.7.